The van der Waals surface area contributed by atoms with Crippen LogP contribution >= 0.6 is 11.8 Å². The lowest BCUT2D eigenvalue weighted by Gasteiger charge is -2.09. The molecule has 1 N–H and O–H groups in total. The van der Waals surface area contributed by atoms with Gasteiger partial charge in [-0.1, -0.05) is 12.1 Å². The second-order valence-electron chi connectivity index (χ2n) is 5.89. The lowest BCUT2D eigenvalue weighted by Crippen LogP contribution is -2.20. The quantitative estimate of drug-likeness (QED) is 0.805. The summed E-state index contributed by atoms with van der Waals surface area (Å²) in [6.45, 7) is 2.39. The number of amides is 1. The normalized spacial score (nSPS) is 13.5. The van der Waals surface area contributed by atoms with Gasteiger partial charge in [0.2, 0.25) is 5.91 Å². The van der Waals surface area contributed by atoms with E-state index in [-0.39, 0.29) is 5.91 Å². The predicted octanol–water partition coefficient (Wildman–Crippen LogP) is 3.07. The Morgan fingerprint density at radius 2 is 2.22 bits per heavy atom. The molecular weight excluding hydrogens is 308 g/mol. The second kappa shape index (κ2) is 5.45. The molecule has 1 amide bonds. The highest BCUT2D eigenvalue weighted by Gasteiger charge is 2.22. The number of aromatic nitrogens is 3. The standard InChI is InChI=1S/C17H18N4OS/c1-11-4-3-5-15-12(11)6-7-21(15)8-16(22)18-17-13-9-23-10-14(13)19-20(17)2/h3-7H,8-10H2,1-2H3,(H,18,22). The fraction of sp³-hybridized carbons (Fsp3) is 0.294. The van der Waals surface area contributed by atoms with E-state index in [0.29, 0.717) is 6.54 Å². The molecule has 3 heterocycles. The van der Waals surface area contributed by atoms with Crippen LogP contribution in [0.2, 0.25) is 0 Å². The van der Waals surface area contributed by atoms with Crippen LogP contribution in [-0.2, 0) is 29.9 Å². The zero-order chi connectivity index (χ0) is 16.0. The summed E-state index contributed by atoms with van der Waals surface area (Å²) < 4.78 is 3.77. The van der Waals surface area contributed by atoms with E-state index in [1.165, 1.54) is 16.5 Å². The van der Waals surface area contributed by atoms with Gasteiger partial charge in [-0.05, 0) is 24.6 Å². The van der Waals surface area contributed by atoms with Gasteiger partial charge < -0.3 is 9.88 Å². The van der Waals surface area contributed by atoms with Gasteiger partial charge in [0, 0.05) is 41.2 Å². The molecule has 0 unspecified atom stereocenters. The maximum atomic E-state index is 12.5. The van der Waals surface area contributed by atoms with E-state index >= 15 is 0 Å². The van der Waals surface area contributed by atoms with Crippen LogP contribution in [0.15, 0.2) is 30.5 Å². The van der Waals surface area contributed by atoms with E-state index in [2.05, 4.69) is 29.5 Å². The molecule has 1 aliphatic heterocycles. The van der Waals surface area contributed by atoms with Crippen molar-refractivity contribution in [1.29, 1.82) is 0 Å². The lowest BCUT2D eigenvalue weighted by molar-refractivity contribution is -0.116. The molecule has 1 aliphatic rings. The molecule has 0 radical (unpaired) electrons. The van der Waals surface area contributed by atoms with Gasteiger partial charge in [0.1, 0.15) is 12.4 Å². The van der Waals surface area contributed by atoms with Crippen molar-refractivity contribution in [2.75, 3.05) is 5.32 Å². The number of thioether (sulfide) groups is 1. The van der Waals surface area contributed by atoms with Gasteiger partial charge in [-0.2, -0.15) is 16.9 Å². The molecule has 118 valence electrons. The molecule has 0 bridgehead atoms. The first-order valence-electron chi connectivity index (χ1n) is 7.60. The minimum absolute atomic E-state index is 0.0216. The Bertz CT molecular complexity index is 909. The Kier molecular flexibility index (Phi) is 3.41. The summed E-state index contributed by atoms with van der Waals surface area (Å²) >= 11 is 1.84. The first kappa shape index (κ1) is 14.4. The number of hydrogen-bond donors (Lipinski definition) is 1. The molecule has 2 aromatic heterocycles. The first-order valence-corrected chi connectivity index (χ1v) is 8.76. The van der Waals surface area contributed by atoms with Gasteiger partial charge >= 0.3 is 0 Å². The minimum Gasteiger partial charge on any atom is -0.338 e. The van der Waals surface area contributed by atoms with Crippen molar-refractivity contribution in [1.82, 2.24) is 14.3 Å². The van der Waals surface area contributed by atoms with Crippen molar-refractivity contribution in [3.05, 3.63) is 47.3 Å². The molecule has 0 saturated carbocycles. The number of benzene rings is 1. The number of fused-ring (bicyclic) bond motifs is 2. The number of nitrogens with one attached hydrogen (secondary N) is 1. The number of hydrogen-bond acceptors (Lipinski definition) is 3. The van der Waals surface area contributed by atoms with E-state index in [0.717, 1.165) is 28.5 Å². The monoisotopic (exact) mass is 326 g/mol. The maximum absolute atomic E-state index is 12.5. The first-order chi connectivity index (χ1) is 11.1. The van der Waals surface area contributed by atoms with E-state index in [1.54, 1.807) is 4.68 Å². The van der Waals surface area contributed by atoms with Crippen molar-refractivity contribution in [3.63, 3.8) is 0 Å². The van der Waals surface area contributed by atoms with Gasteiger partial charge in [0.05, 0.1) is 5.69 Å². The summed E-state index contributed by atoms with van der Waals surface area (Å²) in [7, 11) is 1.88. The Morgan fingerprint density at radius 3 is 3.09 bits per heavy atom. The van der Waals surface area contributed by atoms with Crippen molar-refractivity contribution in [2.24, 2.45) is 7.05 Å². The van der Waals surface area contributed by atoms with Crippen LogP contribution in [0.3, 0.4) is 0 Å². The zero-order valence-corrected chi connectivity index (χ0v) is 14.0. The molecule has 5 nitrogen and oxygen atoms in total. The van der Waals surface area contributed by atoms with Gasteiger partial charge in [-0.3, -0.25) is 9.48 Å². The van der Waals surface area contributed by atoms with Crippen molar-refractivity contribution in [3.8, 4) is 0 Å². The average molecular weight is 326 g/mol. The summed E-state index contributed by atoms with van der Waals surface area (Å²) in [5.74, 6) is 2.67. The van der Waals surface area contributed by atoms with E-state index in [9.17, 15) is 4.79 Å². The highest BCUT2D eigenvalue weighted by atomic mass is 32.2. The molecule has 4 rings (SSSR count). The number of nitrogens with zero attached hydrogens (tertiary/aromatic N) is 3. The lowest BCUT2D eigenvalue weighted by atomic mass is 10.1. The maximum Gasteiger partial charge on any atom is 0.245 e. The molecule has 0 spiro atoms. The van der Waals surface area contributed by atoms with E-state index in [4.69, 9.17) is 0 Å². The number of anilines is 1. The summed E-state index contributed by atoms with van der Waals surface area (Å²) in [6.07, 6.45) is 1.97. The van der Waals surface area contributed by atoms with Crippen LogP contribution in [0.5, 0.6) is 0 Å². The van der Waals surface area contributed by atoms with Gasteiger partial charge in [0.25, 0.3) is 0 Å². The Labute approximate surface area is 138 Å². The smallest absolute Gasteiger partial charge is 0.245 e. The molecule has 23 heavy (non-hydrogen) atoms. The molecule has 0 fully saturated rings. The Hall–Kier alpha value is -2.21. The molecule has 6 heteroatoms. The Balaban J connectivity index is 1.57. The molecule has 0 saturated heterocycles. The van der Waals surface area contributed by atoms with Gasteiger partial charge in [0.15, 0.2) is 0 Å². The van der Waals surface area contributed by atoms with Gasteiger partial charge in [-0.25, -0.2) is 0 Å². The third-order valence-corrected chi connectivity index (χ3v) is 5.29. The van der Waals surface area contributed by atoms with E-state index in [1.807, 2.05) is 41.7 Å². The molecular formula is C17H18N4OS. The number of aryl methyl sites for hydroxylation is 2. The summed E-state index contributed by atoms with van der Waals surface area (Å²) in [4.78, 5) is 12.5. The van der Waals surface area contributed by atoms with Crippen LogP contribution < -0.4 is 5.32 Å². The zero-order valence-electron chi connectivity index (χ0n) is 13.2. The van der Waals surface area contributed by atoms with Crippen LogP contribution in [0.4, 0.5) is 5.82 Å². The largest absolute Gasteiger partial charge is 0.338 e. The summed E-state index contributed by atoms with van der Waals surface area (Å²) in [5.41, 5.74) is 4.57. The minimum atomic E-state index is -0.0216. The Morgan fingerprint density at radius 1 is 1.35 bits per heavy atom. The van der Waals surface area contributed by atoms with E-state index < -0.39 is 0 Å². The average Bonchev–Trinajstić information content (AvgIpc) is 3.19. The molecule has 0 atom stereocenters. The van der Waals surface area contributed by atoms with Crippen LogP contribution in [0, 0.1) is 6.92 Å². The SMILES string of the molecule is Cc1cccc2c1ccn2CC(=O)Nc1c2c(nn1C)CSC2. The molecule has 0 aliphatic carbocycles. The fourth-order valence-corrected chi connectivity index (χ4v) is 4.17. The summed E-state index contributed by atoms with van der Waals surface area (Å²) in [5, 5.41) is 8.71. The number of carbonyl (C=O) groups excluding carboxylic acids is 1. The van der Waals surface area contributed by atoms with Crippen molar-refractivity contribution < 1.29 is 4.79 Å². The van der Waals surface area contributed by atoms with Crippen LogP contribution in [-0.4, -0.2) is 20.3 Å². The number of carbonyl (C=O) groups is 1. The third kappa shape index (κ3) is 2.43. The molecule has 1 aromatic carbocycles. The third-order valence-electron chi connectivity index (χ3n) is 4.32. The number of rotatable bonds is 3. The predicted molar refractivity (Wildman–Crippen MR) is 93.5 cm³/mol. The molecule has 3 aromatic rings. The van der Waals surface area contributed by atoms with Crippen LogP contribution in [0.1, 0.15) is 16.8 Å². The van der Waals surface area contributed by atoms with Crippen molar-refractivity contribution in [2.45, 2.75) is 25.0 Å². The fourth-order valence-electron chi connectivity index (χ4n) is 3.14. The summed E-state index contributed by atoms with van der Waals surface area (Å²) in [6, 6.07) is 8.23. The van der Waals surface area contributed by atoms with Crippen LogP contribution in [0.25, 0.3) is 10.9 Å². The highest BCUT2D eigenvalue weighted by Crippen LogP contribution is 2.34. The topological polar surface area (TPSA) is 51.9 Å². The highest BCUT2D eigenvalue weighted by molar-refractivity contribution is 7.98. The second-order valence-corrected chi connectivity index (χ2v) is 6.88. The van der Waals surface area contributed by atoms with Gasteiger partial charge in [-0.15, -0.1) is 0 Å². The van der Waals surface area contributed by atoms with Crippen molar-refractivity contribution >= 4 is 34.4 Å².